The molecule has 23 heavy (non-hydrogen) atoms. The third kappa shape index (κ3) is 14.9. The van der Waals surface area contributed by atoms with E-state index >= 15 is 0 Å². The number of aryl methyl sites for hydroxylation is 1. The van der Waals surface area contributed by atoms with E-state index in [1.54, 1.807) is 0 Å². The molecule has 1 heterocycles. The van der Waals surface area contributed by atoms with Gasteiger partial charge in [-0.1, -0.05) is 64.9 Å². The van der Waals surface area contributed by atoms with Crippen LogP contribution in [-0.4, -0.2) is 15.8 Å². The highest BCUT2D eigenvalue weighted by atomic mass is 16.6. The number of imidazole rings is 1. The summed E-state index contributed by atoms with van der Waals surface area (Å²) in [6.07, 6.45) is 20.0. The number of unbranched alkanes of at least 4 members (excludes halogenated alkanes) is 9. The summed E-state index contributed by atoms with van der Waals surface area (Å²) in [5.41, 5.74) is 0. The number of hydrogen-bond donors (Lipinski definition) is 1. The monoisotopic (exact) mass is 324 g/mol. The van der Waals surface area contributed by atoms with Crippen molar-refractivity contribution in [2.45, 2.75) is 77.7 Å². The van der Waals surface area contributed by atoms with E-state index in [4.69, 9.17) is 15.0 Å². The topological polar surface area (TPSA) is 69.2 Å². The molecule has 0 aliphatic carbocycles. The zero-order valence-electron chi connectivity index (χ0n) is 14.5. The van der Waals surface area contributed by atoms with Crippen molar-refractivity contribution in [2.24, 2.45) is 0 Å². The summed E-state index contributed by atoms with van der Waals surface area (Å²) in [5.74, 6) is 0. The van der Waals surface area contributed by atoms with Gasteiger partial charge in [-0.25, -0.2) is 9.13 Å². The van der Waals surface area contributed by atoms with Crippen LogP contribution in [-0.2, 0) is 6.54 Å². The zero-order valence-corrected chi connectivity index (χ0v) is 14.5. The van der Waals surface area contributed by atoms with Crippen LogP contribution in [0.5, 0.6) is 0 Å². The first kappa shape index (κ1) is 21.2. The molecule has 1 rings (SSSR count). The Labute approximate surface area is 140 Å². The molecule has 1 N–H and O–H groups in total. The third-order valence-corrected chi connectivity index (χ3v) is 3.69. The molecule has 132 valence electrons. The molecule has 5 nitrogen and oxygen atoms in total. The maximum Gasteiger partial charge on any atom is 0.249 e. The van der Waals surface area contributed by atoms with Crippen molar-refractivity contribution in [2.75, 3.05) is 0 Å². The van der Waals surface area contributed by atoms with Gasteiger partial charge < -0.3 is 15.0 Å². The zero-order chi connectivity index (χ0) is 17.3. The smallest absolute Gasteiger partial charge is 0.249 e. The highest BCUT2D eigenvalue weighted by Crippen LogP contribution is 2.10. The van der Waals surface area contributed by atoms with Crippen LogP contribution in [0.4, 0.5) is 4.79 Å². The second-order valence-corrected chi connectivity index (χ2v) is 5.73. The van der Waals surface area contributed by atoms with Crippen LogP contribution >= 0.6 is 0 Å². The van der Waals surface area contributed by atoms with Crippen molar-refractivity contribution in [1.29, 1.82) is 0 Å². The lowest BCUT2D eigenvalue weighted by Crippen LogP contribution is -2.30. The molecule has 1 aromatic heterocycles. The molecule has 0 aliphatic heterocycles. The number of carbonyl (C=O) groups is 1. The number of nitrogens with zero attached hydrogens (tertiary/aromatic N) is 2. The first-order chi connectivity index (χ1) is 11.1. The molecular weight excluding hydrogens is 292 g/mol. The SMILES string of the molecule is C=Cn1cc[n+](CCCCCCCCCCCC)c1.O=C([O-])O. The summed E-state index contributed by atoms with van der Waals surface area (Å²) in [7, 11) is 0. The molecule has 5 heteroatoms. The third-order valence-electron chi connectivity index (χ3n) is 3.69. The first-order valence-corrected chi connectivity index (χ1v) is 8.69. The fraction of sp³-hybridized carbons (Fsp3) is 0.667. The van der Waals surface area contributed by atoms with E-state index in [1.165, 1.54) is 64.2 Å². The maximum atomic E-state index is 8.44. The van der Waals surface area contributed by atoms with Gasteiger partial charge in [-0.05, 0) is 12.8 Å². The average Bonchev–Trinajstić information content (AvgIpc) is 2.96. The normalized spacial score (nSPS) is 9.96. The minimum absolute atomic E-state index is 1.14. The average molecular weight is 324 g/mol. The van der Waals surface area contributed by atoms with Gasteiger partial charge in [0.25, 0.3) is 0 Å². The number of aromatic nitrogens is 2. The van der Waals surface area contributed by atoms with Crippen molar-refractivity contribution in [3.05, 3.63) is 25.3 Å². The van der Waals surface area contributed by atoms with Crippen molar-refractivity contribution in [3.8, 4) is 0 Å². The molecule has 0 fully saturated rings. The van der Waals surface area contributed by atoms with Crippen molar-refractivity contribution in [1.82, 2.24) is 4.57 Å². The Kier molecular flexibility index (Phi) is 14.0. The van der Waals surface area contributed by atoms with Gasteiger partial charge >= 0.3 is 0 Å². The van der Waals surface area contributed by atoms with Crippen LogP contribution in [0.25, 0.3) is 6.20 Å². The quantitative estimate of drug-likeness (QED) is 0.471. The molecule has 0 bridgehead atoms. The van der Waals surface area contributed by atoms with Crippen molar-refractivity contribution < 1.29 is 19.6 Å². The molecule has 0 aromatic carbocycles. The van der Waals surface area contributed by atoms with Crippen LogP contribution in [0.3, 0.4) is 0 Å². The lowest BCUT2D eigenvalue weighted by Gasteiger charge is -2.01. The Morgan fingerprint density at radius 1 is 1.13 bits per heavy atom. The van der Waals surface area contributed by atoms with E-state index in [1.807, 2.05) is 17.0 Å². The maximum absolute atomic E-state index is 8.44. The Bertz CT molecular complexity index is 412. The van der Waals surface area contributed by atoms with E-state index in [0.29, 0.717) is 0 Å². The van der Waals surface area contributed by atoms with Crippen LogP contribution in [0.2, 0.25) is 0 Å². The number of hydrogen-bond acceptors (Lipinski definition) is 2. The van der Waals surface area contributed by atoms with E-state index in [2.05, 4.69) is 30.6 Å². The van der Waals surface area contributed by atoms with Crippen LogP contribution in [0, 0.1) is 0 Å². The van der Waals surface area contributed by atoms with E-state index in [9.17, 15) is 0 Å². The van der Waals surface area contributed by atoms with E-state index < -0.39 is 6.16 Å². The van der Waals surface area contributed by atoms with Crippen LogP contribution in [0.1, 0.15) is 71.1 Å². The number of carboxylic acid groups (broad SMARTS) is 2. The predicted octanol–water partition coefficient (Wildman–Crippen LogP) is 3.68. The van der Waals surface area contributed by atoms with Crippen molar-refractivity contribution in [3.63, 3.8) is 0 Å². The molecule has 0 aliphatic rings. The largest absolute Gasteiger partial charge is 0.565 e. The minimum atomic E-state index is -2.08. The van der Waals surface area contributed by atoms with Crippen LogP contribution < -0.4 is 9.67 Å². The highest BCUT2D eigenvalue weighted by molar-refractivity contribution is 5.50. The fourth-order valence-corrected chi connectivity index (χ4v) is 2.43. The Hall–Kier alpha value is -1.78. The molecule has 1 aromatic rings. The predicted molar refractivity (Wildman–Crippen MR) is 90.9 cm³/mol. The highest BCUT2D eigenvalue weighted by Gasteiger charge is 2.00. The Morgan fingerprint density at radius 3 is 2.04 bits per heavy atom. The van der Waals surface area contributed by atoms with Gasteiger partial charge in [0.05, 0.1) is 12.7 Å². The summed E-state index contributed by atoms with van der Waals surface area (Å²) in [4.78, 5) is 8.44. The minimum Gasteiger partial charge on any atom is -0.565 e. The molecular formula is C18H32N2O3. The van der Waals surface area contributed by atoms with Gasteiger partial charge in [0.2, 0.25) is 12.5 Å². The second-order valence-electron chi connectivity index (χ2n) is 5.73. The summed E-state index contributed by atoms with van der Waals surface area (Å²) < 4.78 is 4.24. The molecule has 0 saturated carbocycles. The van der Waals surface area contributed by atoms with Gasteiger partial charge in [0, 0.05) is 0 Å². The van der Waals surface area contributed by atoms with Gasteiger partial charge in [-0.2, -0.15) is 0 Å². The van der Waals surface area contributed by atoms with Gasteiger partial charge in [0.15, 0.2) is 0 Å². The van der Waals surface area contributed by atoms with Crippen molar-refractivity contribution >= 4 is 12.4 Å². The molecule has 0 radical (unpaired) electrons. The van der Waals surface area contributed by atoms with Gasteiger partial charge in [0.1, 0.15) is 12.4 Å². The van der Waals surface area contributed by atoms with Gasteiger partial charge in [-0.3, -0.25) is 0 Å². The lowest BCUT2D eigenvalue weighted by atomic mass is 10.1. The summed E-state index contributed by atoms with van der Waals surface area (Å²) in [6.45, 7) is 7.17. The van der Waals surface area contributed by atoms with Crippen LogP contribution in [0.15, 0.2) is 25.3 Å². The van der Waals surface area contributed by atoms with Gasteiger partial charge in [-0.15, -0.1) is 0 Å². The lowest BCUT2D eigenvalue weighted by molar-refractivity contribution is -0.696. The fourth-order valence-electron chi connectivity index (χ4n) is 2.43. The molecule has 0 amide bonds. The first-order valence-electron chi connectivity index (χ1n) is 8.69. The van der Waals surface area contributed by atoms with E-state index in [-0.39, 0.29) is 0 Å². The summed E-state index contributed by atoms with van der Waals surface area (Å²) in [5, 5.41) is 15.3. The van der Waals surface area contributed by atoms with E-state index in [0.717, 1.165) is 6.54 Å². The standard InChI is InChI=1S/C17H31N2.CH2O3/c1-3-5-6-7-8-9-10-11-12-13-14-19-16-15-18(4-2)17-19;2-1(3)4/h4,15-17H,2-3,5-14H2,1H3;(H2,2,3,4)/q+1;/p-1. The molecule has 0 unspecified atom stereocenters. The summed E-state index contributed by atoms with van der Waals surface area (Å²) >= 11 is 0. The molecule has 0 spiro atoms. The second kappa shape index (κ2) is 15.1. The Morgan fingerprint density at radius 2 is 1.61 bits per heavy atom. The Balaban J connectivity index is 0.00000108. The number of rotatable bonds is 12. The molecule has 0 saturated heterocycles. The molecule has 0 atom stereocenters. The summed E-state index contributed by atoms with van der Waals surface area (Å²) in [6, 6.07) is 0.